The second-order valence-electron chi connectivity index (χ2n) is 6.41. The first kappa shape index (κ1) is 19.7. The number of methoxy groups -OCH3 is 1. The van der Waals surface area contributed by atoms with E-state index >= 15 is 0 Å². The highest BCUT2D eigenvalue weighted by molar-refractivity contribution is 7.91. The van der Waals surface area contributed by atoms with Crippen molar-refractivity contribution in [1.29, 1.82) is 0 Å². The minimum atomic E-state index is -3.60. The molecule has 0 aromatic heterocycles. The molecule has 0 saturated carbocycles. The first-order valence-corrected chi connectivity index (χ1v) is 10.6. The van der Waals surface area contributed by atoms with Crippen molar-refractivity contribution in [3.63, 3.8) is 0 Å². The Balaban J connectivity index is 1.80. The molecule has 0 fully saturated rings. The number of halogens is 1. The quantitative estimate of drug-likeness (QED) is 0.796. The molecule has 0 unspecified atom stereocenters. The van der Waals surface area contributed by atoms with E-state index in [4.69, 9.17) is 16.3 Å². The zero-order chi connectivity index (χ0) is 19.4. The number of amides is 1. The maximum absolute atomic E-state index is 12.5. The lowest BCUT2D eigenvalue weighted by atomic mass is 10.0. The first-order valence-electron chi connectivity index (χ1n) is 8.55. The Morgan fingerprint density at radius 2 is 1.96 bits per heavy atom. The second-order valence-corrected chi connectivity index (χ2v) is 8.57. The second kappa shape index (κ2) is 8.29. The van der Waals surface area contributed by atoms with Crippen molar-refractivity contribution >= 4 is 38.9 Å². The molecule has 1 N–H and O–H groups in total. The summed E-state index contributed by atoms with van der Waals surface area (Å²) in [7, 11) is -2.12. The molecule has 1 aliphatic heterocycles. The van der Waals surface area contributed by atoms with Gasteiger partial charge in [-0.1, -0.05) is 29.8 Å². The van der Waals surface area contributed by atoms with Crippen LogP contribution >= 0.6 is 11.6 Å². The number of carbonyl (C=O) groups is 1. The predicted molar refractivity (Wildman–Crippen MR) is 107 cm³/mol. The molecule has 144 valence electrons. The van der Waals surface area contributed by atoms with Crippen LogP contribution in [0.5, 0.6) is 0 Å². The topological polar surface area (TPSA) is 75.7 Å². The Morgan fingerprint density at radius 1 is 1.22 bits per heavy atom. The molecule has 0 radical (unpaired) electrons. The van der Waals surface area contributed by atoms with E-state index in [1.165, 1.54) is 7.11 Å². The van der Waals surface area contributed by atoms with Crippen LogP contribution in [0.1, 0.15) is 17.5 Å². The van der Waals surface area contributed by atoms with Gasteiger partial charge in [-0.05, 0) is 48.2 Å². The summed E-state index contributed by atoms with van der Waals surface area (Å²) in [6.07, 6.45) is 1.72. The monoisotopic (exact) mass is 408 g/mol. The normalized spacial score (nSPS) is 13.9. The van der Waals surface area contributed by atoms with E-state index in [2.05, 4.69) is 4.72 Å². The van der Waals surface area contributed by atoms with E-state index in [-0.39, 0.29) is 18.3 Å². The summed E-state index contributed by atoms with van der Waals surface area (Å²) in [6.45, 7) is 0.585. The number of rotatable bonds is 6. The summed E-state index contributed by atoms with van der Waals surface area (Å²) in [5.74, 6) is -0.298. The van der Waals surface area contributed by atoms with Gasteiger partial charge >= 0.3 is 0 Å². The van der Waals surface area contributed by atoms with Gasteiger partial charge in [0.2, 0.25) is 10.0 Å². The number of nitrogens with zero attached hydrogens (tertiary/aromatic N) is 1. The van der Waals surface area contributed by atoms with Crippen LogP contribution in [0.25, 0.3) is 0 Å². The maximum Gasteiger partial charge on any atom is 0.252 e. The number of anilines is 2. The minimum absolute atomic E-state index is 0.00797. The van der Waals surface area contributed by atoms with Gasteiger partial charge in [0.1, 0.15) is 6.61 Å². The first-order chi connectivity index (χ1) is 12.9. The van der Waals surface area contributed by atoms with Gasteiger partial charge in [-0.2, -0.15) is 0 Å². The third kappa shape index (κ3) is 5.00. The number of hydrogen-bond acceptors (Lipinski definition) is 4. The van der Waals surface area contributed by atoms with Crippen molar-refractivity contribution < 1.29 is 17.9 Å². The molecular formula is C19H21ClN2O4S. The number of sulfonamides is 1. The molecule has 2 aromatic rings. The largest absolute Gasteiger partial charge is 0.375 e. The van der Waals surface area contributed by atoms with E-state index in [1.54, 1.807) is 41.3 Å². The molecular weight excluding hydrogens is 388 g/mol. The summed E-state index contributed by atoms with van der Waals surface area (Å²) in [5, 5.41) is 0.555. The Hall–Kier alpha value is -2.09. The standard InChI is InChI=1S/C19H21ClN2O4S/c1-26-12-19(23)22-10-2-3-15-6-9-17(11-18(15)22)21-27(24,25)13-14-4-7-16(20)8-5-14/h4-9,11,21H,2-3,10,12-13H2,1H3. The van der Waals surface area contributed by atoms with Crippen LogP contribution in [-0.2, 0) is 31.7 Å². The van der Waals surface area contributed by atoms with Crippen LogP contribution < -0.4 is 9.62 Å². The smallest absolute Gasteiger partial charge is 0.252 e. The summed E-state index contributed by atoms with van der Waals surface area (Å²) < 4.78 is 32.5. The van der Waals surface area contributed by atoms with Crippen molar-refractivity contribution in [2.24, 2.45) is 0 Å². The van der Waals surface area contributed by atoms with Crippen molar-refractivity contribution in [2.45, 2.75) is 18.6 Å². The van der Waals surface area contributed by atoms with Crippen LogP contribution in [0.3, 0.4) is 0 Å². The van der Waals surface area contributed by atoms with Gasteiger partial charge < -0.3 is 9.64 Å². The summed E-state index contributed by atoms with van der Waals surface area (Å²) >= 11 is 5.84. The van der Waals surface area contributed by atoms with Crippen molar-refractivity contribution in [3.8, 4) is 0 Å². The highest BCUT2D eigenvalue weighted by Crippen LogP contribution is 2.30. The lowest BCUT2D eigenvalue weighted by molar-refractivity contribution is -0.122. The molecule has 1 aliphatic rings. The van der Waals surface area contributed by atoms with Gasteiger partial charge in [-0.15, -0.1) is 0 Å². The van der Waals surface area contributed by atoms with Gasteiger partial charge in [0.15, 0.2) is 0 Å². The Bertz CT molecular complexity index is 929. The lowest BCUT2D eigenvalue weighted by Crippen LogP contribution is -2.37. The van der Waals surface area contributed by atoms with E-state index < -0.39 is 10.0 Å². The Labute approximate surface area is 164 Å². The van der Waals surface area contributed by atoms with Gasteiger partial charge in [-0.25, -0.2) is 8.42 Å². The van der Waals surface area contributed by atoms with E-state index in [0.29, 0.717) is 22.8 Å². The van der Waals surface area contributed by atoms with Crippen molar-refractivity contribution in [2.75, 3.05) is 29.9 Å². The Kier molecular flexibility index (Phi) is 6.04. The zero-order valence-electron chi connectivity index (χ0n) is 14.9. The highest BCUT2D eigenvalue weighted by Gasteiger charge is 2.23. The fourth-order valence-corrected chi connectivity index (χ4v) is 4.43. The average molecular weight is 409 g/mol. The third-order valence-corrected chi connectivity index (χ3v) is 5.83. The Morgan fingerprint density at radius 3 is 2.67 bits per heavy atom. The van der Waals surface area contributed by atoms with Gasteiger partial charge in [0.05, 0.1) is 11.4 Å². The molecule has 0 atom stereocenters. The van der Waals surface area contributed by atoms with Gasteiger partial charge in [-0.3, -0.25) is 9.52 Å². The number of ether oxygens (including phenoxy) is 1. The summed E-state index contributed by atoms with van der Waals surface area (Å²) in [5.41, 5.74) is 2.82. The molecule has 0 saturated heterocycles. The SMILES string of the molecule is COCC(=O)N1CCCc2ccc(NS(=O)(=O)Cc3ccc(Cl)cc3)cc21. The van der Waals surface area contributed by atoms with E-state index in [1.807, 2.05) is 6.07 Å². The zero-order valence-corrected chi connectivity index (χ0v) is 16.5. The maximum atomic E-state index is 12.5. The fourth-order valence-electron chi connectivity index (χ4n) is 3.11. The minimum Gasteiger partial charge on any atom is -0.375 e. The number of carbonyl (C=O) groups excluding carboxylic acids is 1. The van der Waals surface area contributed by atoms with Crippen molar-refractivity contribution in [3.05, 3.63) is 58.6 Å². The molecule has 1 amide bonds. The van der Waals surface area contributed by atoms with Crippen LogP contribution in [0, 0.1) is 0 Å². The molecule has 27 heavy (non-hydrogen) atoms. The third-order valence-electron chi connectivity index (χ3n) is 4.32. The molecule has 8 heteroatoms. The van der Waals surface area contributed by atoms with Crippen molar-refractivity contribution in [1.82, 2.24) is 0 Å². The van der Waals surface area contributed by atoms with Crippen LogP contribution in [0.15, 0.2) is 42.5 Å². The number of aryl methyl sites for hydroxylation is 1. The number of benzene rings is 2. The fraction of sp³-hybridized carbons (Fsp3) is 0.316. The van der Waals surface area contributed by atoms with Crippen LogP contribution in [0.2, 0.25) is 5.02 Å². The molecule has 0 aliphatic carbocycles. The van der Waals surface area contributed by atoms with Crippen LogP contribution in [0.4, 0.5) is 11.4 Å². The number of nitrogens with one attached hydrogen (secondary N) is 1. The summed E-state index contributed by atoms with van der Waals surface area (Å²) in [6, 6.07) is 12.0. The van der Waals surface area contributed by atoms with E-state index in [9.17, 15) is 13.2 Å². The van der Waals surface area contributed by atoms with Gasteiger partial charge in [0, 0.05) is 24.4 Å². The molecule has 6 nitrogen and oxygen atoms in total. The molecule has 3 rings (SSSR count). The molecule has 0 spiro atoms. The van der Waals surface area contributed by atoms with Crippen LogP contribution in [-0.4, -0.2) is 34.6 Å². The number of hydrogen-bond donors (Lipinski definition) is 1. The highest BCUT2D eigenvalue weighted by atomic mass is 35.5. The summed E-state index contributed by atoms with van der Waals surface area (Å²) in [4.78, 5) is 13.9. The van der Waals surface area contributed by atoms with Gasteiger partial charge in [0.25, 0.3) is 5.91 Å². The molecule has 1 heterocycles. The predicted octanol–water partition coefficient (Wildman–Crippen LogP) is 3.21. The lowest BCUT2D eigenvalue weighted by Gasteiger charge is -2.30. The molecule has 2 aromatic carbocycles. The molecule has 0 bridgehead atoms. The van der Waals surface area contributed by atoms with E-state index in [0.717, 1.165) is 24.1 Å². The number of fused-ring (bicyclic) bond motifs is 1. The average Bonchev–Trinajstić information content (AvgIpc) is 2.62.